The molecule has 26 heavy (non-hydrogen) atoms. The Morgan fingerprint density at radius 2 is 1.92 bits per heavy atom. The minimum Gasteiger partial charge on any atom is -0.315 e. The first-order valence-electron chi connectivity index (χ1n) is 9.31. The number of fused-ring (bicyclic) bond motifs is 1. The highest BCUT2D eigenvalue weighted by Crippen LogP contribution is 2.20. The molecule has 0 amide bonds. The van der Waals surface area contributed by atoms with E-state index in [1.54, 1.807) is 0 Å². The minimum atomic E-state index is 0.619. The van der Waals surface area contributed by atoms with Crippen LogP contribution in [0.15, 0.2) is 42.7 Å². The van der Waals surface area contributed by atoms with Crippen LogP contribution in [0.25, 0.3) is 11.4 Å². The third kappa shape index (κ3) is 3.65. The van der Waals surface area contributed by atoms with Crippen LogP contribution in [0, 0.1) is 5.92 Å². The lowest BCUT2D eigenvalue weighted by atomic mass is 9.99. The average Bonchev–Trinajstić information content (AvgIpc) is 3.11. The number of hydrogen-bond acceptors (Lipinski definition) is 5. The van der Waals surface area contributed by atoms with Gasteiger partial charge in [0.2, 0.25) is 0 Å². The first-order valence-corrected chi connectivity index (χ1v) is 9.31. The number of benzene rings is 1. The first-order chi connectivity index (χ1) is 12.8. The normalized spacial score (nSPS) is 16.4. The zero-order valence-corrected chi connectivity index (χ0v) is 15.1. The van der Waals surface area contributed by atoms with Crippen molar-refractivity contribution in [3.05, 3.63) is 59.9 Å². The summed E-state index contributed by atoms with van der Waals surface area (Å²) in [5.41, 5.74) is 2.16. The summed E-state index contributed by atoms with van der Waals surface area (Å²) >= 11 is 0. The molecule has 1 atom stereocenters. The van der Waals surface area contributed by atoms with Gasteiger partial charge in [0, 0.05) is 49.5 Å². The lowest BCUT2D eigenvalue weighted by Crippen LogP contribution is -2.30. The van der Waals surface area contributed by atoms with E-state index in [0.29, 0.717) is 5.92 Å². The zero-order chi connectivity index (χ0) is 17.8. The zero-order valence-electron chi connectivity index (χ0n) is 15.1. The topological polar surface area (TPSA) is 68.5 Å². The molecule has 0 spiro atoms. The molecule has 134 valence electrons. The summed E-state index contributed by atoms with van der Waals surface area (Å²) in [6.45, 7) is 4.93. The Kier molecular flexibility index (Phi) is 5.02. The van der Waals surface area contributed by atoms with Crippen molar-refractivity contribution in [3.8, 4) is 11.4 Å². The fraction of sp³-hybridized carbons (Fsp3) is 0.400. The maximum absolute atomic E-state index is 4.49. The van der Waals surface area contributed by atoms with E-state index in [0.717, 1.165) is 67.5 Å². The Morgan fingerprint density at radius 1 is 1.12 bits per heavy atom. The predicted molar refractivity (Wildman–Crippen MR) is 100 cm³/mol. The Morgan fingerprint density at radius 3 is 2.69 bits per heavy atom. The number of aromatic nitrogens is 5. The van der Waals surface area contributed by atoms with Crippen molar-refractivity contribution in [3.63, 3.8) is 0 Å². The van der Waals surface area contributed by atoms with E-state index in [2.05, 4.69) is 37.0 Å². The number of rotatable bonds is 6. The maximum atomic E-state index is 4.49. The highest BCUT2D eigenvalue weighted by Gasteiger charge is 2.21. The quantitative estimate of drug-likeness (QED) is 0.742. The Bertz CT molecular complexity index is 827. The highest BCUT2D eigenvalue weighted by molar-refractivity contribution is 5.53. The molecule has 4 rings (SSSR count). The molecular weight excluding hydrogens is 324 g/mol. The summed E-state index contributed by atoms with van der Waals surface area (Å²) in [6.07, 6.45) is 6.96. The van der Waals surface area contributed by atoms with Gasteiger partial charge in [0.05, 0.1) is 0 Å². The molecule has 0 radical (unpaired) electrons. The van der Waals surface area contributed by atoms with Crippen LogP contribution in [0.2, 0.25) is 0 Å². The van der Waals surface area contributed by atoms with E-state index in [4.69, 9.17) is 0 Å². The fourth-order valence-corrected chi connectivity index (χ4v) is 3.48. The van der Waals surface area contributed by atoms with Crippen LogP contribution >= 0.6 is 0 Å². The Balaban J connectivity index is 1.30. The van der Waals surface area contributed by atoms with E-state index >= 15 is 0 Å². The Hall–Kier alpha value is -2.60. The van der Waals surface area contributed by atoms with E-state index in [-0.39, 0.29) is 0 Å². The SMILES string of the molecule is CCc1nnc2n1CC(CNCc1cnc(-c3ccccc3)nc1)CC2. The van der Waals surface area contributed by atoms with E-state index < -0.39 is 0 Å². The van der Waals surface area contributed by atoms with E-state index in [1.165, 1.54) is 0 Å². The third-order valence-electron chi connectivity index (χ3n) is 4.94. The fourth-order valence-electron chi connectivity index (χ4n) is 3.48. The summed E-state index contributed by atoms with van der Waals surface area (Å²) in [5.74, 6) is 3.64. The smallest absolute Gasteiger partial charge is 0.159 e. The van der Waals surface area contributed by atoms with Crippen molar-refractivity contribution >= 4 is 0 Å². The highest BCUT2D eigenvalue weighted by atomic mass is 15.3. The van der Waals surface area contributed by atoms with Crippen LogP contribution in [0.3, 0.4) is 0 Å². The second-order valence-corrected chi connectivity index (χ2v) is 6.81. The number of nitrogens with one attached hydrogen (secondary N) is 1. The average molecular weight is 348 g/mol. The minimum absolute atomic E-state index is 0.619. The van der Waals surface area contributed by atoms with Crippen LogP contribution in [0.4, 0.5) is 0 Å². The van der Waals surface area contributed by atoms with Crippen LogP contribution < -0.4 is 5.32 Å². The van der Waals surface area contributed by atoms with Gasteiger partial charge in [-0.25, -0.2) is 9.97 Å². The second kappa shape index (κ2) is 7.74. The molecule has 3 heterocycles. The number of hydrogen-bond donors (Lipinski definition) is 1. The molecule has 1 N–H and O–H groups in total. The van der Waals surface area contributed by atoms with Crippen molar-refractivity contribution in [1.29, 1.82) is 0 Å². The van der Waals surface area contributed by atoms with E-state index in [1.807, 2.05) is 42.7 Å². The van der Waals surface area contributed by atoms with Crippen LogP contribution in [-0.2, 0) is 25.9 Å². The molecule has 0 saturated carbocycles. The van der Waals surface area contributed by atoms with Crippen molar-refractivity contribution in [2.45, 2.75) is 39.3 Å². The summed E-state index contributed by atoms with van der Waals surface area (Å²) < 4.78 is 2.30. The molecular formula is C20H24N6. The third-order valence-corrected chi connectivity index (χ3v) is 4.94. The molecule has 0 saturated heterocycles. The molecule has 0 aliphatic carbocycles. The van der Waals surface area contributed by atoms with Gasteiger partial charge in [0.1, 0.15) is 11.6 Å². The molecule has 0 bridgehead atoms. The van der Waals surface area contributed by atoms with Crippen LogP contribution in [-0.4, -0.2) is 31.3 Å². The molecule has 3 aromatic rings. The van der Waals surface area contributed by atoms with Gasteiger partial charge in [0.15, 0.2) is 5.82 Å². The van der Waals surface area contributed by atoms with Crippen LogP contribution in [0.5, 0.6) is 0 Å². The first kappa shape index (κ1) is 16.8. The van der Waals surface area contributed by atoms with Gasteiger partial charge in [0.25, 0.3) is 0 Å². The van der Waals surface area contributed by atoms with Gasteiger partial charge in [-0.3, -0.25) is 0 Å². The lowest BCUT2D eigenvalue weighted by molar-refractivity contribution is 0.342. The van der Waals surface area contributed by atoms with Crippen molar-refractivity contribution in [1.82, 2.24) is 30.0 Å². The second-order valence-electron chi connectivity index (χ2n) is 6.81. The lowest BCUT2D eigenvalue weighted by Gasteiger charge is -2.24. The molecule has 1 unspecified atom stereocenters. The predicted octanol–water partition coefficient (Wildman–Crippen LogP) is 2.65. The van der Waals surface area contributed by atoms with Gasteiger partial charge in [-0.1, -0.05) is 37.3 Å². The molecule has 2 aromatic heterocycles. The standard InChI is InChI=1S/C20H24N6/c1-2-18-24-25-19-9-8-15(14-26(18)19)10-21-11-16-12-22-20(23-13-16)17-6-4-3-5-7-17/h3-7,12-13,15,21H,2,8-11,14H2,1H3. The Labute approximate surface area is 153 Å². The van der Waals surface area contributed by atoms with Crippen LogP contribution in [0.1, 0.15) is 30.6 Å². The molecule has 1 aliphatic heterocycles. The number of aryl methyl sites for hydroxylation is 2. The summed E-state index contributed by atoms with van der Waals surface area (Å²) in [7, 11) is 0. The van der Waals surface area contributed by atoms with E-state index in [9.17, 15) is 0 Å². The van der Waals surface area contributed by atoms with Gasteiger partial charge in [-0.2, -0.15) is 0 Å². The largest absolute Gasteiger partial charge is 0.315 e. The molecule has 1 aliphatic rings. The molecule has 1 aromatic carbocycles. The van der Waals surface area contributed by atoms with Gasteiger partial charge < -0.3 is 9.88 Å². The molecule has 0 fully saturated rings. The van der Waals surface area contributed by atoms with Crippen molar-refractivity contribution < 1.29 is 0 Å². The molecule has 6 heteroatoms. The van der Waals surface area contributed by atoms with Gasteiger partial charge >= 0.3 is 0 Å². The van der Waals surface area contributed by atoms with Gasteiger partial charge in [-0.15, -0.1) is 10.2 Å². The monoisotopic (exact) mass is 348 g/mol. The summed E-state index contributed by atoms with van der Waals surface area (Å²) in [4.78, 5) is 8.98. The summed E-state index contributed by atoms with van der Waals surface area (Å²) in [5, 5.41) is 12.1. The maximum Gasteiger partial charge on any atom is 0.159 e. The molecule has 6 nitrogen and oxygen atoms in total. The van der Waals surface area contributed by atoms with Crippen molar-refractivity contribution in [2.24, 2.45) is 5.92 Å². The number of nitrogens with zero attached hydrogens (tertiary/aromatic N) is 5. The van der Waals surface area contributed by atoms with Crippen molar-refractivity contribution in [2.75, 3.05) is 6.54 Å². The van der Waals surface area contributed by atoms with Gasteiger partial charge in [-0.05, 0) is 18.9 Å². The summed E-state index contributed by atoms with van der Waals surface area (Å²) in [6, 6.07) is 10.1.